The number of halogens is 1. The minimum absolute atomic E-state index is 0.319. The molecule has 4 heterocycles. The molecule has 1 aromatic carbocycles. The van der Waals surface area contributed by atoms with E-state index in [1.165, 1.54) is 12.1 Å². The smallest absolute Gasteiger partial charge is 0.327 e. The minimum Gasteiger partial charge on any atom is -0.485 e. The lowest BCUT2D eigenvalue weighted by molar-refractivity contribution is 0.249. The molecule has 1 fully saturated rings. The Kier molecular flexibility index (Phi) is 5.53. The first kappa shape index (κ1) is 21.1. The molecule has 2 amide bonds. The van der Waals surface area contributed by atoms with Crippen LogP contribution >= 0.6 is 0 Å². The zero-order chi connectivity index (χ0) is 22.9. The number of nitrogens with one attached hydrogen (secondary N) is 1. The van der Waals surface area contributed by atoms with Gasteiger partial charge in [0.15, 0.2) is 17.5 Å². The molecule has 0 radical (unpaired) electrons. The molecular formula is C24H25FN6O2. The van der Waals surface area contributed by atoms with Gasteiger partial charge >= 0.3 is 6.03 Å². The summed E-state index contributed by atoms with van der Waals surface area (Å²) in [5, 5.41) is 2.95. The van der Waals surface area contributed by atoms with Gasteiger partial charge in [-0.25, -0.2) is 19.2 Å². The standard InChI is InChI=1S/C24H25FN6O2/c1-15-12-19(13-16(2)26-15)27-24(32)31-10-11-33-20-22(30-8-3-4-9-30)28-21(29-23(20)31)17-6-5-7-18(25)14-17/h5-7,12-14H,3-4,8-11H2,1-2H3,(H,26,27,32). The van der Waals surface area contributed by atoms with Gasteiger partial charge in [0.05, 0.1) is 6.54 Å². The summed E-state index contributed by atoms with van der Waals surface area (Å²) in [4.78, 5) is 30.7. The Labute approximate surface area is 191 Å². The van der Waals surface area contributed by atoms with E-state index in [0.29, 0.717) is 47.6 Å². The fourth-order valence-corrected chi connectivity index (χ4v) is 4.28. The number of ether oxygens (including phenoxy) is 1. The second kappa shape index (κ2) is 8.65. The predicted molar refractivity (Wildman–Crippen MR) is 124 cm³/mol. The van der Waals surface area contributed by atoms with Gasteiger partial charge in [-0.3, -0.25) is 9.88 Å². The number of benzene rings is 1. The number of amides is 2. The van der Waals surface area contributed by atoms with Crippen molar-refractivity contribution in [1.29, 1.82) is 0 Å². The van der Waals surface area contributed by atoms with E-state index in [1.54, 1.807) is 17.0 Å². The van der Waals surface area contributed by atoms with Crippen molar-refractivity contribution in [2.24, 2.45) is 0 Å². The maximum atomic E-state index is 13.9. The lowest BCUT2D eigenvalue weighted by Crippen LogP contribution is -2.42. The molecule has 0 atom stereocenters. The largest absolute Gasteiger partial charge is 0.485 e. The predicted octanol–water partition coefficient (Wildman–Crippen LogP) is 4.33. The van der Waals surface area contributed by atoms with Crippen molar-refractivity contribution < 1.29 is 13.9 Å². The van der Waals surface area contributed by atoms with E-state index < -0.39 is 0 Å². The Morgan fingerprint density at radius 3 is 2.45 bits per heavy atom. The molecule has 2 aliphatic heterocycles. The molecule has 0 bridgehead atoms. The number of anilines is 3. The number of hydrogen-bond donors (Lipinski definition) is 1. The highest BCUT2D eigenvalue weighted by atomic mass is 19.1. The average Bonchev–Trinajstić information content (AvgIpc) is 3.32. The van der Waals surface area contributed by atoms with Crippen molar-refractivity contribution in [2.75, 3.05) is 41.4 Å². The SMILES string of the molecule is Cc1cc(NC(=O)N2CCOc3c(N4CCCC4)nc(-c4cccc(F)c4)nc32)cc(C)n1. The molecule has 2 aromatic heterocycles. The van der Waals surface area contributed by atoms with Crippen molar-refractivity contribution in [3.8, 4) is 17.1 Å². The van der Waals surface area contributed by atoms with Crippen LogP contribution in [0.4, 0.5) is 26.5 Å². The first-order valence-electron chi connectivity index (χ1n) is 11.1. The minimum atomic E-state index is -0.370. The Morgan fingerprint density at radius 1 is 1.00 bits per heavy atom. The molecule has 0 spiro atoms. The number of carbonyl (C=O) groups excluding carboxylic acids is 1. The van der Waals surface area contributed by atoms with Crippen LogP contribution < -0.4 is 19.9 Å². The molecule has 5 rings (SSSR count). The van der Waals surface area contributed by atoms with E-state index in [1.807, 2.05) is 26.0 Å². The van der Waals surface area contributed by atoms with Crippen LogP contribution in [0.25, 0.3) is 11.4 Å². The quantitative estimate of drug-likeness (QED) is 0.642. The monoisotopic (exact) mass is 448 g/mol. The zero-order valence-corrected chi connectivity index (χ0v) is 18.6. The molecular weight excluding hydrogens is 423 g/mol. The number of urea groups is 1. The summed E-state index contributed by atoms with van der Waals surface area (Å²) in [5.74, 6) is 1.50. The third kappa shape index (κ3) is 4.30. The van der Waals surface area contributed by atoms with E-state index in [9.17, 15) is 9.18 Å². The summed E-state index contributed by atoms with van der Waals surface area (Å²) < 4.78 is 19.9. The van der Waals surface area contributed by atoms with Gasteiger partial charge in [0, 0.05) is 35.7 Å². The summed E-state index contributed by atoms with van der Waals surface area (Å²) in [6.07, 6.45) is 2.11. The van der Waals surface area contributed by atoms with Gasteiger partial charge in [-0.15, -0.1) is 0 Å². The Bertz CT molecular complexity index is 1190. The van der Waals surface area contributed by atoms with E-state index in [4.69, 9.17) is 9.72 Å². The van der Waals surface area contributed by atoms with Gasteiger partial charge in [-0.05, 0) is 51.0 Å². The van der Waals surface area contributed by atoms with Crippen LogP contribution in [0.3, 0.4) is 0 Å². The van der Waals surface area contributed by atoms with Crippen LogP contribution in [0, 0.1) is 19.7 Å². The van der Waals surface area contributed by atoms with Crippen LogP contribution in [0.15, 0.2) is 36.4 Å². The number of carbonyl (C=O) groups is 1. The van der Waals surface area contributed by atoms with Crippen molar-refractivity contribution in [3.63, 3.8) is 0 Å². The van der Waals surface area contributed by atoms with Crippen molar-refractivity contribution in [1.82, 2.24) is 15.0 Å². The second-order valence-corrected chi connectivity index (χ2v) is 8.30. The third-order valence-corrected chi connectivity index (χ3v) is 5.71. The molecule has 33 heavy (non-hydrogen) atoms. The van der Waals surface area contributed by atoms with Gasteiger partial charge < -0.3 is 15.0 Å². The Hall–Kier alpha value is -3.75. The molecule has 1 N–H and O–H groups in total. The topological polar surface area (TPSA) is 83.5 Å². The highest BCUT2D eigenvalue weighted by molar-refractivity contribution is 6.03. The van der Waals surface area contributed by atoms with Gasteiger partial charge in [-0.2, -0.15) is 0 Å². The fraction of sp³-hybridized carbons (Fsp3) is 0.333. The number of rotatable bonds is 3. The fourth-order valence-electron chi connectivity index (χ4n) is 4.28. The molecule has 8 nitrogen and oxygen atoms in total. The highest BCUT2D eigenvalue weighted by Crippen LogP contribution is 2.40. The molecule has 0 unspecified atom stereocenters. The molecule has 170 valence electrons. The van der Waals surface area contributed by atoms with Crippen molar-refractivity contribution in [3.05, 3.63) is 53.6 Å². The van der Waals surface area contributed by atoms with Crippen molar-refractivity contribution in [2.45, 2.75) is 26.7 Å². The highest BCUT2D eigenvalue weighted by Gasteiger charge is 2.32. The third-order valence-electron chi connectivity index (χ3n) is 5.71. The van der Waals surface area contributed by atoms with E-state index in [0.717, 1.165) is 37.3 Å². The lowest BCUT2D eigenvalue weighted by Gasteiger charge is -2.31. The summed E-state index contributed by atoms with van der Waals surface area (Å²) in [7, 11) is 0. The van der Waals surface area contributed by atoms with Crippen LogP contribution in [-0.4, -0.2) is 47.2 Å². The normalized spacial score (nSPS) is 15.2. The summed E-state index contributed by atoms with van der Waals surface area (Å²) >= 11 is 0. The van der Waals surface area contributed by atoms with E-state index in [-0.39, 0.29) is 11.8 Å². The number of aryl methyl sites for hydroxylation is 2. The lowest BCUT2D eigenvalue weighted by atomic mass is 10.2. The Balaban J connectivity index is 1.56. The van der Waals surface area contributed by atoms with Gasteiger partial charge in [0.1, 0.15) is 12.4 Å². The van der Waals surface area contributed by atoms with Crippen LogP contribution in [0.1, 0.15) is 24.2 Å². The Morgan fingerprint density at radius 2 is 1.73 bits per heavy atom. The van der Waals surface area contributed by atoms with E-state index >= 15 is 0 Å². The number of nitrogens with zero attached hydrogens (tertiary/aromatic N) is 5. The number of fused-ring (bicyclic) bond motifs is 1. The van der Waals surface area contributed by atoms with Gasteiger partial charge in [0.25, 0.3) is 0 Å². The van der Waals surface area contributed by atoms with E-state index in [2.05, 4.69) is 20.2 Å². The van der Waals surface area contributed by atoms with Crippen LogP contribution in [0.5, 0.6) is 5.75 Å². The van der Waals surface area contributed by atoms with Crippen LogP contribution in [0.2, 0.25) is 0 Å². The first-order chi connectivity index (χ1) is 16.0. The maximum absolute atomic E-state index is 13.9. The second-order valence-electron chi connectivity index (χ2n) is 8.30. The summed E-state index contributed by atoms with van der Waals surface area (Å²) in [5.41, 5.74) is 2.85. The van der Waals surface area contributed by atoms with Crippen molar-refractivity contribution >= 4 is 23.4 Å². The molecule has 3 aromatic rings. The first-order valence-corrected chi connectivity index (χ1v) is 11.1. The zero-order valence-electron chi connectivity index (χ0n) is 18.6. The molecule has 2 aliphatic rings. The number of pyridine rings is 1. The number of aromatic nitrogens is 3. The molecule has 0 saturated carbocycles. The average molecular weight is 449 g/mol. The van der Waals surface area contributed by atoms with Gasteiger partial charge in [0.2, 0.25) is 5.75 Å². The summed E-state index contributed by atoms with van der Waals surface area (Å²) in [6, 6.07) is 9.48. The van der Waals surface area contributed by atoms with Gasteiger partial charge in [-0.1, -0.05) is 12.1 Å². The maximum Gasteiger partial charge on any atom is 0.327 e. The molecule has 0 aliphatic carbocycles. The molecule has 1 saturated heterocycles. The number of hydrogen-bond acceptors (Lipinski definition) is 6. The van der Waals surface area contributed by atoms with Crippen LogP contribution in [-0.2, 0) is 0 Å². The molecule has 9 heteroatoms. The summed E-state index contributed by atoms with van der Waals surface area (Å²) in [6.45, 7) is 6.12.